The highest BCUT2D eigenvalue weighted by atomic mass is 19.4. The largest absolute Gasteiger partial charge is 0.493 e. The molecule has 0 N–H and O–H groups in total. The fraction of sp³-hybridized carbons (Fsp3) is 0.353. The normalized spacial score (nSPS) is 16.5. The van der Waals surface area contributed by atoms with Crippen LogP contribution in [0.3, 0.4) is 0 Å². The number of amides is 1. The van der Waals surface area contributed by atoms with E-state index < -0.39 is 30.1 Å². The maximum absolute atomic E-state index is 13.0. The number of nitrogens with zero attached hydrogens (tertiary/aromatic N) is 3. The Hall–Kier alpha value is -3.11. The molecule has 0 saturated heterocycles. The van der Waals surface area contributed by atoms with Gasteiger partial charge in [-0.25, -0.2) is 19.0 Å². The van der Waals surface area contributed by atoms with Gasteiger partial charge in [-0.1, -0.05) is 6.92 Å². The van der Waals surface area contributed by atoms with E-state index in [0.29, 0.717) is 16.8 Å². The lowest BCUT2D eigenvalue weighted by atomic mass is 10.0. The van der Waals surface area contributed by atoms with Gasteiger partial charge in [0, 0.05) is 13.0 Å². The number of carbonyl (C=O) groups excluding carboxylic acids is 2. The van der Waals surface area contributed by atoms with Crippen molar-refractivity contribution >= 4 is 12.1 Å². The van der Waals surface area contributed by atoms with Crippen LogP contribution >= 0.6 is 0 Å². The van der Waals surface area contributed by atoms with Crippen LogP contribution in [0.1, 0.15) is 30.8 Å². The Morgan fingerprint density at radius 1 is 1.25 bits per heavy atom. The summed E-state index contributed by atoms with van der Waals surface area (Å²) in [6.45, 7) is 1.87. The second-order valence-electron chi connectivity index (χ2n) is 5.97. The maximum Gasteiger partial charge on any atom is 0.493 e. The molecule has 0 fully saturated rings. The van der Waals surface area contributed by atoms with Gasteiger partial charge in [0.2, 0.25) is 0 Å². The van der Waals surface area contributed by atoms with Gasteiger partial charge < -0.3 is 9.57 Å². The average molecular weight is 401 g/mol. The van der Waals surface area contributed by atoms with E-state index in [1.165, 1.54) is 17.0 Å². The minimum Gasteiger partial charge on any atom is -0.410 e. The van der Waals surface area contributed by atoms with Crippen molar-refractivity contribution in [2.45, 2.75) is 32.0 Å². The second kappa shape index (κ2) is 7.49. The third kappa shape index (κ3) is 3.92. The lowest BCUT2D eigenvalue weighted by molar-refractivity contribution is -0.200. The van der Waals surface area contributed by atoms with Crippen molar-refractivity contribution in [3.05, 3.63) is 47.8 Å². The number of alkyl halides is 3. The average Bonchev–Trinajstić information content (AvgIpc) is 3.05. The predicted octanol–water partition coefficient (Wildman–Crippen LogP) is 3.05. The van der Waals surface area contributed by atoms with E-state index in [1.807, 2.05) is 0 Å². The smallest absolute Gasteiger partial charge is 0.410 e. The van der Waals surface area contributed by atoms with E-state index in [2.05, 4.69) is 9.82 Å². The highest BCUT2D eigenvalue weighted by Gasteiger charge is 2.43. The molecule has 7 nitrogen and oxygen atoms in total. The quantitative estimate of drug-likeness (QED) is 0.740. The number of ether oxygens (including phenoxy) is 1. The van der Waals surface area contributed by atoms with Gasteiger partial charge in [0.15, 0.2) is 0 Å². The summed E-state index contributed by atoms with van der Waals surface area (Å²) in [5.41, 5.74) is 0.593. The Kier molecular flexibility index (Phi) is 5.25. The molecule has 11 heteroatoms. The molecule has 0 radical (unpaired) electrons. The van der Waals surface area contributed by atoms with E-state index >= 15 is 0 Å². The Morgan fingerprint density at radius 2 is 1.93 bits per heavy atom. The molecular weight excluding hydrogens is 386 g/mol. The highest BCUT2D eigenvalue weighted by Crippen LogP contribution is 2.32. The molecule has 1 aromatic heterocycles. The summed E-state index contributed by atoms with van der Waals surface area (Å²) in [5.74, 6) is -2.69. The van der Waals surface area contributed by atoms with Gasteiger partial charge in [-0.05, 0) is 30.7 Å². The number of carbonyl (C=O) groups is 2. The molecule has 1 unspecified atom stereocenters. The monoisotopic (exact) mass is 401 g/mol. The molecule has 1 atom stereocenters. The summed E-state index contributed by atoms with van der Waals surface area (Å²) >= 11 is 0. The first-order valence-corrected chi connectivity index (χ1v) is 8.30. The second-order valence-corrected chi connectivity index (χ2v) is 5.97. The number of halogens is 4. The molecule has 3 rings (SSSR count). The number of imidazole rings is 1. The minimum atomic E-state index is -5.14. The van der Waals surface area contributed by atoms with Gasteiger partial charge in [0.25, 0.3) is 0 Å². The van der Waals surface area contributed by atoms with Gasteiger partial charge in [-0.15, -0.1) is 0 Å². The molecule has 28 heavy (non-hydrogen) atoms. The third-order valence-corrected chi connectivity index (χ3v) is 4.20. The molecule has 150 valence electrons. The topological polar surface area (TPSA) is 73.7 Å². The van der Waals surface area contributed by atoms with Crippen molar-refractivity contribution in [3.63, 3.8) is 0 Å². The van der Waals surface area contributed by atoms with Gasteiger partial charge in [0.05, 0.1) is 17.4 Å². The Balaban J connectivity index is 1.77. The molecule has 0 aliphatic carbocycles. The van der Waals surface area contributed by atoms with Crippen LogP contribution in [0.15, 0.2) is 30.6 Å². The first-order valence-electron chi connectivity index (χ1n) is 8.30. The fourth-order valence-corrected chi connectivity index (χ4v) is 2.93. The Bertz CT molecular complexity index is 880. The number of aromatic nitrogens is 2. The summed E-state index contributed by atoms with van der Waals surface area (Å²) in [5, 5.41) is 0. The number of rotatable bonds is 3. The van der Waals surface area contributed by atoms with Crippen LogP contribution < -0.4 is 9.57 Å². The SMILES string of the molecule is CCC1c2ncn(OC(=O)C(F)(F)F)c2CCN1C(=O)Oc1ccc(F)cc1. The molecule has 1 aliphatic heterocycles. The molecule has 2 heterocycles. The first kappa shape index (κ1) is 19.6. The molecule has 0 saturated carbocycles. The van der Waals surface area contributed by atoms with Crippen molar-refractivity contribution in [1.29, 1.82) is 0 Å². The van der Waals surface area contributed by atoms with Crippen molar-refractivity contribution in [3.8, 4) is 5.75 Å². The van der Waals surface area contributed by atoms with Gasteiger partial charge >= 0.3 is 18.2 Å². The van der Waals surface area contributed by atoms with Crippen LogP contribution in [-0.2, 0) is 11.2 Å². The Labute approximate surface area is 156 Å². The molecule has 2 aromatic rings. The molecule has 0 bridgehead atoms. The van der Waals surface area contributed by atoms with E-state index in [-0.39, 0.29) is 24.4 Å². The van der Waals surface area contributed by atoms with E-state index in [4.69, 9.17) is 4.74 Å². The van der Waals surface area contributed by atoms with E-state index in [9.17, 15) is 27.2 Å². The van der Waals surface area contributed by atoms with Crippen molar-refractivity contribution < 1.29 is 36.7 Å². The summed E-state index contributed by atoms with van der Waals surface area (Å²) in [4.78, 5) is 33.3. The van der Waals surface area contributed by atoms with Crippen LogP contribution in [0.4, 0.5) is 22.4 Å². The zero-order chi connectivity index (χ0) is 20.5. The fourth-order valence-electron chi connectivity index (χ4n) is 2.93. The summed E-state index contributed by atoms with van der Waals surface area (Å²) in [6, 6.07) is 4.31. The highest BCUT2D eigenvalue weighted by molar-refractivity contribution is 5.76. The minimum absolute atomic E-state index is 0.107. The van der Waals surface area contributed by atoms with Crippen molar-refractivity contribution in [2.75, 3.05) is 6.54 Å². The lowest BCUT2D eigenvalue weighted by Gasteiger charge is -2.33. The van der Waals surface area contributed by atoms with E-state index in [1.54, 1.807) is 6.92 Å². The van der Waals surface area contributed by atoms with Gasteiger partial charge in [-0.3, -0.25) is 4.90 Å². The van der Waals surface area contributed by atoms with Crippen LogP contribution in [0, 0.1) is 5.82 Å². The maximum atomic E-state index is 13.0. The molecule has 1 amide bonds. The summed E-state index contributed by atoms with van der Waals surface area (Å²) in [7, 11) is 0. The first-order chi connectivity index (χ1) is 13.2. The Morgan fingerprint density at radius 3 is 2.54 bits per heavy atom. The van der Waals surface area contributed by atoms with E-state index in [0.717, 1.165) is 18.5 Å². The molecule has 1 aromatic carbocycles. The third-order valence-electron chi connectivity index (χ3n) is 4.20. The van der Waals surface area contributed by atoms with Gasteiger partial charge in [0.1, 0.15) is 17.9 Å². The summed E-state index contributed by atoms with van der Waals surface area (Å²) < 4.78 is 56.1. The summed E-state index contributed by atoms with van der Waals surface area (Å²) in [6.07, 6.45) is -4.37. The van der Waals surface area contributed by atoms with Crippen molar-refractivity contribution in [2.24, 2.45) is 0 Å². The van der Waals surface area contributed by atoms with Gasteiger partial charge in [-0.2, -0.15) is 17.9 Å². The zero-order valence-corrected chi connectivity index (χ0v) is 14.6. The number of fused-ring (bicyclic) bond motifs is 1. The molecular formula is C17H15F4N3O4. The van der Waals surface area contributed by atoms with Crippen molar-refractivity contribution in [1.82, 2.24) is 14.6 Å². The number of hydrogen-bond acceptors (Lipinski definition) is 5. The zero-order valence-electron chi connectivity index (χ0n) is 14.6. The number of benzene rings is 1. The number of hydrogen-bond donors (Lipinski definition) is 0. The van der Waals surface area contributed by atoms with Crippen LogP contribution in [-0.4, -0.2) is 39.4 Å². The predicted molar refractivity (Wildman–Crippen MR) is 85.7 cm³/mol. The van der Waals surface area contributed by atoms with Crippen LogP contribution in [0.25, 0.3) is 0 Å². The van der Waals surface area contributed by atoms with Crippen LogP contribution in [0.2, 0.25) is 0 Å². The van der Waals surface area contributed by atoms with Crippen LogP contribution in [0.5, 0.6) is 5.75 Å². The standard InChI is InChI=1S/C17H15F4N3O4/c1-2-12-14-13(24(9-22-14)28-15(25)17(19,20)21)7-8-23(12)16(26)27-11-5-3-10(18)4-6-11/h3-6,9,12H,2,7-8H2,1H3. The molecule has 0 spiro atoms. The lowest BCUT2D eigenvalue weighted by Crippen LogP contribution is -2.42. The molecule has 1 aliphatic rings.